The van der Waals surface area contributed by atoms with Gasteiger partial charge in [0.1, 0.15) is 11.8 Å². The maximum Gasteiger partial charge on any atom is 0.306 e. The van der Waals surface area contributed by atoms with Gasteiger partial charge in [0.15, 0.2) is 0 Å². The highest BCUT2D eigenvalue weighted by molar-refractivity contribution is 5.88. The van der Waals surface area contributed by atoms with Crippen LogP contribution in [0.4, 0.5) is 0 Å². The van der Waals surface area contributed by atoms with Gasteiger partial charge < -0.3 is 20.5 Å². The third-order valence-corrected chi connectivity index (χ3v) is 3.11. The first-order valence-corrected chi connectivity index (χ1v) is 7.33. The Morgan fingerprint density at radius 3 is 2.61 bits per heavy atom. The number of amides is 2. The van der Waals surface area contributed by atoms with Crippen molar-refractivity contribution < 1.29 is 23.9 Å². The summed E-state index contributed by atoms with van der Waals surface area (Å²) >= 11 is 0. The van der Waals surface area contributed by atoms with Gasteiger partial charge in [-0.25, -0.2) is 0 Å². The Hall–Kier alpha value is -2.57. The minimum absolute atomic E-state index is 0.0374. The monoisotopic (exact) mass is 322 g/mol. The Bertz CT molecular complexity index is 559. The number of esters is 1. The number of carbonyl (C=O) groups is 3. The van der Waals surface area contributed by atoms with Gasteiger partial charge in [-0.2, -0.15) is 0 Å². The largest absolute Gasteiger partial charge is 0.497 e. The van der Waals surface area contributed by atoms with Crippen LogP contribution in [0.15, 0.2) is 24.3 Å². The lowest BCUT2D eigenvalue weighted by Crippen LogP contribution is -2.45. The molecule has 126 valence electrons. The highest BCUT2D eigenvalue weighted by Gasteiger charge is 2.19. The smallest absolute Gasteiger partial charge is 0.306 e. The number of ether oxygens (including phenoxy) is 2. The second kappa shape index (κ2) is 9.45. The molecule has 0 bridgehead atoms. The van der Waals surface area contributed by atoms with Crippen molar-refractivity contribution in [3.63, 3.8) is 0 Å². The zero-order valence-corrected chi connectivity index (χ0v) is 13.3. The van der Waals surface area contributed by atoms with Crippen molar-refractivity contribution in [1.82, 2.24) is 5.32 Å². The van der Waals surface area contributed by atoms with Crippen LogP contribution in [0.3, 0.4) is 0 Å². The van der Waals surface area contributed by atoms with Gasteiger partial charge in [0.2, 0.25) is 11.8 Å². The summed E-state index contributed by atoms with van der Waals surface area (Å²) in [5.74, 6) is -0.868. The molecule has 1 rings (SSSR count). The molecule has 0 radical (unpaired) electrons. The number of hydrogen-bond donors (Lipinski definition) is 2. The lowest BCUT2D eigenvalue weighted by molar-refractivity contribution is -0.144. The average molecular weight is 322 g/mol. The molecule has 0 aliphatic heterocycles. The average Bonchev–Trinajstić information content (AvgIpc) is 2.52. The molecule has 3 N–H and O–H groups in total. The molecule has 1 aromatic rings. The van der Waals surface area contributed by atoms with Crippen molar-refractivity contribution in [1.29, 1.82) is 0 Å². The van der Waals surface area contributed by atoms with Crippen molar-refractivity contribution in [2.75, 3.05) is 13.7 Å². The van der Waals surface area contributed by atoms with Crippen LogP contribution in [0.5, 0.6) is 5.75 Å². The number of hydrogen-bond acceptors (Lipinski definition) is 5. The lowest BCUT2D eigenvalue weighted by atomic mass is 10.0. The normalized spacial score (nSPS) is 11.4. The Morgan fingerprint density at radius 1 is 1.26 bits per heavy atom. The van der Waals surface area contributed by atoms with Crippen LogP contribution in [0, 0.1) is 0 Å². The van der Waals surface area contributed by atoms with Crippen LogP contribution in [0.2, 0.25) is 0 Å². The number of carbonyl (C=O) groups excluding carboxylic acids is 3. The molecule has 23 heavy (non-hydrogen) atoms. The maximum atomic E-state index is 11.8. The van der Waals surface area contributed by atoms with Crippen LogP contribution in [-0.4, -0.2) is 37.5 Å². The van der Waals surface area contributed by atoms with E-state index in [0.29, 0.717) is 5.75 Å². The summed E-state index contributed by atoms with van der Waals surface area (Å²) in [5, 5.41) is 2.54. The van der Waals surface area contributed by atoms with Crippen molar-refractivity contribution in [2.24, 2.45) is 5.73 Å². The highest BCUT2D eigenvalue weighted by Crippen LogP contribution is 2.14. The molecule has 1 aromatic carbocycles. The summed E-state index contributed by atoms with van der Waals surface area (Å²) in [6, 6.07) is 6.29. The van der Waals surface area contributed by atoms with Crippen molar-refractivity contribution in [3.8, 4) is 5.75 Å². The molecule has 1 atom stereocenters. The van der Waals surface area contributed by atoms with E-state index in [2.05, 4.69) is 5.32 Å². The molecule has 7 nitrogen and oxygen atoms in total. The van der Waals surface area contributed by atoms with Gasteiger partial charge in [0.25, 0.3) is 0 Å². The summed E-state index contributed by atoms with van der Waals surface area (Å²) in [6.07, 6.45) is 0.155. The predicted molar refractivity (Wildman–Crippen MR) is 83.7 cm³/mol. The Balaban J connectivity index is 2.59. The van der Waals surface area contributed by atoms with Crippen molar-refractivity contribution in [2.45, 2.75) is 32.2 Å². The predicted octanol–water partition coefficient (Wildman–Crippen LogP) is 0.551. The Labute approximate surface area is 135 Å². The fourth-order valence-electron chi connectivity index (χ4n) is 1.97. The molecule has 0 spiro atoms. The molecule has 0 saturated carbocycles. The first kappa shape index (κ1) is 18.5. The summed E-state index contributed by atoms with van der Waals surface area (Å²) in [5.41, 5.74) is 6.14. The molecule has 2 amide bonds. The molecule has 0 heterocycles. The molecule has 0 unspecified atom stereocenters. The van der Waals surface area contributed by atoms with E-state index >= 15 is 0 Å². The van der Waals surface area contributed by atoms with Crippen LogP contribution in [0.25, 0.3) is 0 Å². The van der Waals surface area contributed by atoms with Gasteiger partial charge in [-0.05, 0) is 24.6 Å². The molecule has 0 aliphatic rings. The number of benzene rings is 1. The van der Waals surface area contributed by atoms with Crippen molar-refractivity contribution in [3.05, 3.63) is 29.8 Å². The van der Waals surface area contributed by atoms with E-state index in [9.17, 15) is 14.4 Å². The van der Waals surface area contributed by atoms with Crippen LogP contribution < -0.4 is 15.8 Å². The second-order valence-electron chi connectivity index (χ2n) is 4.88. The Morgan fingerprint density at radius 2 is 2.00 bits per heavy atom. The van der Waals surface area contributed by atoms with Crippen molar-refractivity contribution >= 4 is 17.8 Å². The molecular formula is C16H22N2O5. The molecule has 0 fully saturated rings. The number of nitrogens with two attached hydrogens (primary N) is 1. The van der Waals surface area contributed by atoms with Gasteiger partial charge in [-0.15, -0.1) is 0 Å². The van der Waals surface area contributed by atoms with Crippen LogP contribution >= 0.6 is 0 Å². The molecule has 0 saturated heterocycles. The third kappa shape index (κ3) is 6.82. The van der Waals surface area contributed by atoms with E-state index in [-0.39, 0.29) is 25.9 Å². The van der Waals surface area contributed by atoms with Gasteiger partial charge in [0, 0.05) is 12.8 Å². The van der Waals surface area contributed by atoms with E-state index < -0.39 is 23.8 Å². The van der Waals surface area contributed by atoms with Gasteiger partial charge >= 0.3 is 5.97 Å². The first-order chi connectivity index (χ1) is 11.0. The summed E-state index contributed by atoms with van der Waals surface area (Å²) in [7, 11) is 1.54. The minimum atomic E-state index is -0.850. The number of rotatable bonds is 9. The second-order valence-corrected chi connectivity index (χ2v) is 4.88. The molecule has 0 aliphatic carbocycles. The molecule has 7 heteroatoms. The minimum Gasteiger partial charge on any atom is -0.497 e. The molecule has 0 aromatic heterocycles. The number of methoxy groups -OCH3 is 1. The number of primary amides is 1. The zero-order valence-electron chi connectivity index (χ0n) is 13.3. The fourth-order valence-corrected chi connectivity index (χ4v) is 1.97. The van der Waals surface area contributed by atoms with E-state index in [4.69, 9.17) is 15.2 Å². The zero-order chi connectivity index (χ0) is 17.2. The van der Waals surface area contributed by atoms with Gasteiger partial charge in [-0.3, -0.25) is 14.4 Å². The van der Waals surface area contributed by atoms with E-state index in [1.165, 1.54) is 0 Å². The topological polar surface area (TPSA) is 108 Å². The quantitative estimate of drug-likeness (QED) is 0.646. The fraction of sp³-hybridized carbons (Fsp3) is 0.438. The van der Waals surface area contributed by atoms with E-state index in [0.717, 1.165) is 5.56 Å². The summed E-state index contributed by atoms with van der Waals surface area (Å²) in [4.78, 5) is 34.6. The molecular weight excluding hydrogens is 300 g/mol. The number of nitrogens with one attached hydrogen (secondary N) is 1. The van der Waals surface area contributed by atoms with Crippen LogP contribution in [0.1, 0.15) is 25.3 Å². The summed E-state index contributed by atoms with van der Waals surface area (Å²) in [6.45, 7) is 1.95. The van der Waals surface area contributed by atoms with Gasteiger partial charge in [0.05, 0.1) is 20.1 Å². The lowest BCUT2D eigenvalue weighted by Gasteiger charge is -2.16. The third-order valence-electron chi connectivity index (χ3n) is 3.11. The van der Waals surface area contributed by atoms with Crippen LogP contribution in [-0.2, 0) is 25.5 Å². The first-order valence-electron chi connectivity index (χ1n) is 7.33. The maximum absolute atomic E-state index is 11.8. The Kier molecular flexibility index (Phi) is 7.59. The van der Waals surface area contributed by atoms with E-state index in [1.807, 2.05) is 6.07 Å². The standard InChI is InChI=1S/C16H22N2O5/c1-3-23-15(20)8-7-14(19)18-13(16(17)21)10-11-5-4-6-12(9-11)22-2/h4-6,9,13H,3,7-8,10H2,1-2H3,(H2,17,21)(H,18,19)/t13-/m0/s1. The summed E-state index contributed by atoms with van der Waals surface area (Å²) < 4.78 is 9.85. The highest BCUT2D eigenvalue weighted by atomic mass is 16.5. The van der Waals surface area contributed by atoms with Gasteiger partial charge in [-0.1, -0.05) is 12.1 Å². The SMILES string of the molecule is CCOC(=O)CCC(=O)N[C@@H](Cc1cccc(OC)c1)C(N)=O. The van der Waals surface area contributed by atoms with E-state index in [1.54, 1.807) is 32.2 Å².